The third-order valence-corrected chi connectivity index (χ3v) is 3.77. The maximum absolute atomic E-state index is 12.3. The van der Waals surface area contributed by atoms with E-state index < -0.39 is 0 Å². The second-order valence-corrected chi connectivity index (χ2v) is 4.89. The predicted molar refractivity (Wildman–Crippen MR) is 85.8 cm³/mol. The van der Waals surface area contributed by atoms with E-state index in [9.17, 15) is 14.7 Å². The van der Waals surface area contributed by atoms with Gasteiger partial charge in [-0.3, -0.25) is 9.59 Å². The average molecular weight is 310 g/mol. The highest BCUT2D eigenvalue weighted by atomic mass is 16.5. The van der Waals surface area contributed by atoms with Crippen LogP contribution < -0.4 is 15.5 Å². The summed E-state index contributed by atoms with van der Waals surface area (Å²) in [5.41, 5.74) is 1.37. The Morgan fingerprint density at radius 3 is 2.59 bits per heavy atom. The van der Waals surface area contributed by atoms with Gasteiger partial charge in [-0.2, -0.15) is 0 Å². The first-order chi connectivity index (χ1) is 10.6. The van der Waals surface area contributed by atoms with Crippen LogP contribution in [0.4, 0.5) is 0 Å². The Hall–Kier alpha value is -1.82. The molecule has 0 fully saturated rings. The number of aliphatic hydroxyl groups excluding tert-OH is 1. The van der Waals surface area contributed by atoms with Gasteiger partial charge in [0, 0.05) is 17.8 Å². The van der Waals surface area contributed by atoms with Crippen molar-refractivity contribution < 1.29 is 14.6 Å². The summed E-state index contributed by atoms with van der Waals surface area (Å²) in [4.78, 5) is 24.6. The second kappa shape index (κ2) is 7.98. The molecule has 0 saturated carbocycles. The molecule has 0 aromatic carbocycles. The van der Waals surface area contributed by atoms with E-state index in [1.54, 1.807) is 11.5 Å². The van der Waals surface area contributed by atoms with Crippen molar-refractivity contribution in [1.29, 1.82) is 0 Å². The smallest absolute Gasteiger partial charge is 0.271 e. The van der Waals surface area contributed by atoms with E-state index in [0.29, 0.717) is 18.5 Å². The van der Waals surface area contributed by atoms with Crippen LogP contribution in [0, 0.1) is 6.92 Å². The van der Waals surface area contributed by atoms with Gasteiger partial charge in [-0.15, -0.1) is 0 Å². The van der Waals surface area contributed by atoms with Gasteiger partial charge in [0.15, 0.2) is 11.4 Å². The van der Waals surface area contributed by atoms with Crippen LogP contribution in [0.5, 0.6) is 5.75 Å². The zero-order valence-electron chi connectivity index (χ0n) is 14.0. The van der Waals surface area contributed by atoms with E-state index in [0.717, 1.165) is 12.1 Å². The largest absolute Gasteiger partial charge is 0.491 e. The highest BCUT2D eigenvalue weighted by Gasteiger charge is 2.32. The number of hydrogen-bond acceptors (Lipinski definition) is 4. The highest BCUT2D eigenvalue weighted by Crippen LogP contribution is 2.31. The number of aliphatic hydroxyl groups is 1. The van der Waals surface area contributed by atoms with Crippen LogP contribution in [0.15, 0.2) is 4.79 Å². The number of carbonyl (C=O) groups excluding carboxylic acids is 1. The number of rotatable bonds is 4. The Morgan fingerprint density at radius 1 is 1.45 bits per heavy atom. The maximum Gasteiger partial charge on any atom is 0.271 e. The molecule has 0 radical (unpaired) electrons. The lowest BCUT2D eigenvalue weighted by Gasteiger charge is -2.21. The Labute approximate surface area is 131 Å². The molecule has 124 valence electrons. The number of methoxy groups -OCH3 is 1. The molecule has 1 amide bonds. The summed E-state index contributed by atoms with van der Waals surface area (Å²) in [6, 6.07) is -0.184. The molecule has 0 bridgehead atoms. The Balaban J connectivity index is 0.00000116. The fourth-order valence-corrected chi connectivity index (χ4v) is 2.80. The van der Waals surface area contributed by atoms with Crippen LogP contribution in [-0.4, -0.2) is 35.8 Å². The SMILES string of the molecule is CC.CCNC(=O)c1c(OC)c(=O)c(C)c2n1C(CO)CC2. The quantitative estimate of drug-likeness (QED) is 0.881. The molecular weight excluding hydrogens is 284 g/mol. The summed E-state index contributed by atoms with van der Waals surface area (Å²) >= 11 is 0. The van der Waals surface area contributed by atoms with Gasteiger partial charge in [-0.05, 0) is 26.7 Å². The fraction of sp³-hybridized carbons (Fsp3) is 0.625. The number of carbonyl (C=O) groups is 1. The summed E-state index contributed by atoms with van der Waals surface area (Å²) in [5, 5.41) is 12.2. The molecule has 0 saturated heterocycles. The summed E-state index contributed by atoms with van der Waals surface area (Å²) in [5.74, 6) is -0.291. The zero-order valence-corrected chi connectivity index (χ0v) is 14.0. The minimum absolute atomic E-state index is 0.0533. The molecular formula is C16H26N2O4. The Morgan fingerprint density at radius 2 is 2.09 bits per heavy atom. The molecule has 22 heavy (non-hydrogen) atoms. The lowest BCUT2D eigenvalue weighted by Crippen LogP contribution is -2.32. The van der Waals surface area contributed by atoms with Crippen LogP contribution in [-0.2, 0) is 6.42 Å². The molecule has 1 aromatic heterocycles. The molecule has 2 rings (SSSR count). The van der Waals surface area contributed by atoms with Gasteiger partial charge in [0.1, 0.15) is 0 Å². The molecule has 6 nitrogen and oxygen atoms in total. The fourth-order valence-electron chi connectivity index (χ4n) is 2.80. The van der Waals surface area contributed by atoms with Crippen molar-refractivity contribution >= 4 is 5.91 Å². The zero-order chi connectivity index (χ0) is 16.9. The maximum atomic E-state index is 12.3. The van der Waals surface area contributed by atoms with Gasteiger partial charge < -0.3 is 19.7 Å². The third-order valence-electron chi connectivity index (χ3n) is 3.77. The summed E-state index contributed by atoms with van der Waals surface area (Å²) in [6.07, 6.45) is 1.40. The van der Waals surface area contributed by atoms with Gasteiger partial charge in [0.25, 0.3) is 5.91 Å². The molecule has 1 aromatic rings. The van der Waals surface area contributed by atoms with Crippen molar-refractivity contribution in [3.8, 4) is 5.75 Å². The number of fused-ring (bicyclic) bond motifs is 1. The van der Waals surface area contributed by atoms with Gasteiger partial charge in [-0.25, -0.2) is 0 Å². The minimum Gasteiger partial charge on any atom is -0.491 e. The third kappa shape index (κ3) is 3.02. The van der Waals surface area contributed by atoms with Crippen molar-refractivity contribution in [2.45, 2.75) is 46.6 Å². The van der Waals surface area contributed by atoms with E-state index in [1.807, 2.05) is 20.8 Å². The minimum atomic E-state index is -0.344. The molecule has 0 spiro atoms. The van der Waals surface area contributed by atoms with E-state index >= 15 is 0 Å². The van der Waals surface area contributed by atoms with Gasteiger partial charge >= 0.3 is 0 Å². The normalized spacial score (nSPS) is 15.6. The molecule has 2 N–H and O–H groups in total. The molecule has 1 unspecified atom stereocenters. The lowest BCUT2D eigenvalue weighted by molar-refractivity contribution is 0.0937. The van der Waals surface area contributed by atoms with Crippen molar-refractivity contribution in [3.05, 3.63) is 27.2 Å². The first-order valence-corrected chi connectivity index (χ1v) is 7.77. The van der Waals surface area contributed by atoms with Crippen molar-refractivity contribution in [3.63, 3.8) is 0 Å². The van der Waals surface area contributed by atoms with E-state index in [-0.39, 0.29) is 35.4 Å². The van der Waals surface area contributed by atoms with Crippen molar-refractivity contribution in [2.75, 3.05) is 20.3 Å². The second-order valence-electron chi connectivity index (χ2n) is 4.89. The van der Waals surface area contributed by atoms with Crippen LogP contribution in [0.1, 0.15) is 55.0 Å². The number of pyridine rings is 1. The van der Waals surface area contributed by atoms with Gasteiger partial charge in [0.2, 0.25) is 5.43 Å². The van der Waals surface area contributed by atoms with Crippen LogP contribution in [0.2, 0.25) is 0 Å². The molecule has 1 atom stereocenters. The molecule has 0 aliphatic carbocycles. The van der Waals surface area contributed by atoms with Gasteiger partial charge in [-0.1, -0.05) is 13.8 Å². The van der Waals surface area contributed by atoms with Crippen LogP contribution >= 0.6 is 0 Å². The molecule has 1 aliphatic heterocycles. The van der Waals surface area contributed by atoms with Crippen LogP contribution in [0.3, 0.4) is 0 Å². The molecule has 2 heterocycles. The van der Waals surface area contributed by atoms with E-state index in [4.69, 9.17) is 4.74 Å². The number of amides is 1. The van der Waals surface area contributed by atoms with E-state index in [1.165, 1.54) is 7.11 Å². The highest BCUT2D eigenvalue weighted by molar-refractivity contribution is 5.95. The Kier molecular flexibility index (Phi) is 6.61. The van der Waals surface area contributed by atoms with Crippen molar-refractivity contribution in [1.82, 2.24) is 9.88 Å². The number of hydrogen-bond donors (Lipinski definition) is 2. The first kappa shape index (κ1) is 18.2. The number of nitrogens with one attached hydrogen (secondary N) is 1. The average Bonchev–Trinajstić information content (AvgIpc) is 2.96. The number of aromatic nitrogens is 1. The number of ether oxygens (including phenoxy) is 1. The first-order valence-electron chi connectivity index (χ1n) is 7.77. The van der Waals surface area contributed by atoms with Crippen LogP contribution in [0.25, 0.3) is 0 Å². The summed E-state index contributed by atoms with van der Waals surface area (Å²) in [7, 11) is 1.38. The predicted octanol–water partition coefficient (Wildman–Crippen LogP) is 1.42. The monoisotopic (exact) mass is 310 g/mol. The Bertz CT molecular complexity index is 593. The number of nitrogens with zero attached hydrogens (tertiary/aromatic N) is 1. The lowest BCUT2D eigenvalue weighted by atomic mass is 10.1. The summed E-state index contributed by atoms with van der Waals surface area (Å²) in [6.45, 7) is 7.94. The van der Waals surface area contributed by atoms with Crippen molar-refractivity contribution in [2.24, 2.45) is 0 Å². The topological polar surface area (TPSA) is 80.6 Å². The van der Waals surface area contributed by atoms with E-state index in [2.05, 4.69) is 5.32 Å². The van der Waals surface area contributed by atoms with Gasteiger partial charge in [0.05, 0.1) is 19.8 Å². The standard InChI is InChI=1S/C14H20N2O4.C2H6/c1-4-15-14(19)11-13(20-3)12(18)8(2)10-6-5-9(7-17)16(10)11;1-2/h9,17H,4-7H2,1-3H3,(H,15,19);1-2H3. The molecule has 6 heteroatoms. The molecule has 1 aliphatic rings. The summed E-state index contributed by atoms with van der Waals surface area (Å²) < 4.78 is 6.93.